The molecule has 1 heterocycles. The molecule has 2 unspecified atom stereocenters. The average molecular weight is 250 g/mol. The molecule has 0 spiro atoms. The van der Waals surface area contributed by atoms with E-state index in [2.05, 4.69) is 24.1 Å². The van der Waals surface area contributed by atoms with Gasteiger partial charge in [0.2, 0.25) is 5.91 Å². The van der Waals surface area contributed by atoms with Gasteiger partial charge < -0.3 is 4.90 Å². The molecule has 3 heteroatoms. The van der Waals surface area contributed by atoms with E-state index in [-0.39, 0.29) is 12.2 Å². The molecular formula is C15H26N2O. The van der Waals surface area contributed by atoms with Gasteiger partial charge in [0, 0.05) is 6.54 Å². The summed E-state index contributed by atoms with van der Waals surface area (Å²) in [6.45, 7) is 5.35. The second kappa shape index (κ2) is 4.52. The number of hydrogen-bond acceptors (Lipinski definition) is 2. The van der Waals surface area contributed by atoms with Gasteiger partial charge in [-0.25, -0.2) is 0 Å². The molecule has 2 saturated carbocycles. The van der Waals surface area contributed by atoms with E-state index in [1.54, 1.807) is 0 Å². The van der Waals surface area contributed by atoms with Gasteiger partial charge >= 0.3 is 0 Å². The molecule has 0 aromatic heterocycles. The summed E-state index contributed by atoms with van der Waals surface area (Å²) >= 11 is 0. The van der Waals surface area contributed by atoms with Gasteiger partial charge in [0.1, 0.15) is 0 Å². The molecule has 3 fully saturated rings. The number of nitrogens with zero attached hydrogens (tertiary/aromatic N) is 1. The van der Waals surface area contributed by atoms with E-state index in [0.29, 0.717) is 11.3 Å². The maximum Gasteiger partial charge on any atom is 0.241 e. The van der Waals surface area contributed by atoms with Crippen LogP contribution in [0.3, 0.4) is 0 Å². The highest BCUT2D eigenvalue weighted by Crippen LogP contribution is 2.61. The Balaban J connectivity index is 1.60. The molecule has 102 valence electrons. The topological polar surface area (TPSA) is 32.3 Å². The summed E-state index contributed by atoms with van der Waals surface area (Å²) in [4.78, 5) is 14.6. The Morgan fingerprint density at radius 2 is 2.11 bits per heavy atom. The minimum atomic E-state index is 0.0925. The van der Waals surface area contributed by atoms with E-state index in [4.69, 9.17) is 0 Å². The lowest BCUT2D eigenvalue weighted by atomic mass is 9.99. The Hall–Kier alpha value is -0.570. The Labute approximate surface area is 110 Å². The first-order valence-corrected chi connectivity index (χ1v) is 7.73. The Kier molecular flexibility index (Phi) is 3.13. The second-order valence-corrected chi connectivity index (χ2v) is 6.64. The zero-order valence-electron chi connectivity index (χ0n) is 11.7. The van der Waals surface area contributed by atoms with Crippen LogP contribution in [0.4, 0.5) is 0 Å². The number of carbonyl (C=O) groups excluding carboxylic acids is 1. The van der Waals surface area contributed by atoms with Crippen molar-refractivity contribution in [2.24, 2.45) is 11.3 Å². The van der Waals surface area contributed by atoms with Gasteiger partial charge in [-0.15, -0.1) is 0 Å². The lowest BCUT2D eigenvalue weighted by molar-refractivity contribution is -0.130. The molecular weight excluding hydrogens is 224 g/mol. The van der Waals surface area contributed by atoms with Gasteiger partial charge in [-0.05, 0) is 50.4 Å². The fourth-order valence-corrected chi connectivity index (χ4v) is 3.56. The normalized spacial score (nSPS) is 34.1. The molecule has 3 aliphatic rings. The van der Waals surface area contributed by atoms with E-state index in [1.165, 1.54) is 32.1 Å². The van der Waals surface area contributed by atoms with Crippen LogP contribution in [-0.4, -0.2) is 29.6 Å². The molecule has 1 N–H and O–H groups in total. The molecule has 2 atom stereocenters. The molecule has 3 nitrogen and oxygen atoms in total. The molecule has 1 aliphatic heterocycles. The van der Waals surface area contributed by atoms with Crippen molar-refractivity contribution >= 4 is 5.91 Å². The summed E-state index contributed by atoms with van der Waals surface area (Å²) < 4.78 is 0. The lowest BCUT2D eigenvalue weighted by Gasteiger charge is -2.26. The molecule has 0 bridgehead atoms. The molecule has 18 heavy (non-hydrogen) atoms. The first-order valence-electron chi connectivity index (χ1n) is 7.73. The van der Waals surface area contributed by atoms with Crippen LogP contribution in [0.1, 0.15) is 58.8 Å². The Bertz CT molecular complexity index is 333. The quantitative estimate of drug-likeness (QED) is 0.785. The molecule has 2 aliphatic carbocycles. The third kappa shape index (κ3) is 2.18. The van der Waals surface area contributed by atoms with Crippen molar-refractivity contribution in [2.75, 3.05) is 6.54 Å². The fourth-order valence-electron chi connectivity index (χ4n) is 3.56. The van der Waals surface area contributed by atoms with Crippen LogP contribution in [-0.2, 0) is 4.79 Å². The van der Waals surface area contributed by atoms with E-state index >= 15 is 0 Å². The van der Waals surface area contributed by atoms with Crippen molar-refractivity contribution in [3.63, 3.8) is 0 Å². The van der Waals surface area contributed by atoms with Gasteiger partial charge in [-0.2, -0.15) is 0 Å². The SMILES string of the molecule is CCCCC1NC(C)N(CC2(C3CC3)CC2)C1=O. The predicted molar refractivity (Wildman–Crippen MR) is 72.0 cm³/mol. The smallest absolute Gasteiger partial charge is 0.241 e. The molecule has 0 radical (unpaired) electrons. The van der Waals surface area contributed by atoms with E-state index in [1.807, 2.05) is 0 Å². The first kappa shape index (κ1) is 12.5. The van der Waals surface area contributed by atoms with E-state index in [0.717, 1.165) is 25.3 Å². The maximum atomic E-state index is 12.4. The van der Waals surface area contributed by atoms with Crippen LogP contribution in [0, 0.1) is 11.3 Å². The molecule has 0 aromatic carbocycles. The van der Waals surface area contributed by atoms with Crippen molar-refractivity contribution in [1.29, 1.82) is 0 Å². The largest absolute Gasteiger partial charge is 0.326 e. The Morgan fingerprint density at radius 3 is 2.67 bits per heavy atom. The number of carbonyl (C=O) groups is 1. The molecule has 3 rings (SSSR count). The lowest BCUT2D eigenvalue weighted by Crippen LogP contribution is -2.39. The third-order valence-electron chi connectivity index (χ3n) is 5.16. The molecule has 1 saturated heterocycles. The van der Waals surface area contributed by atoms with Gasteiger partial charge in [0.15, 0.2) is 0 Å². The van der Waals surface area contributed by atoms with Crippen molar-refractivity contribution in [1.82, 2.24) is 10.2 Å². The monoisotopic (exact) mass is 250 g/mol. The van der Waals surface area contributed by atoms with E-state index < -0.39 is 0 Å². The van der Waals surface area contributed by atoms with Crippen LogP contribution in [0.5, 0.6) is 0 Å². The molecule has 0 aromatic rings. The summed E-state index contributed by atoms with van der Waals surface area (Å²) in [5.41, 5.74) is 0.533. The van der Waals surface area contributed by atoms with Crippen LogP contribution < -0.4 is 5.32 Å². The molecule has 1 amide bonds. The van der Waals surface area contributed by atoms with Crippen LogP contribution in [0.25, 0.3) is 0 Å². The van der Waals surface area contributed by atoms with Crippen LogP contribution in [0.15, 0.2) is 0 Å². The van der Waals surface area contributed by atoms with Gasteiger partial charge in [-0.3, -0.25) is 10.1 Å². The number of unbranched alkanes of at least 4 members (excludes halogenated alkanes) is 1. The first-order chi connectivity index (χ1) is 8.66. The number of amides is 1. The average Bonchev–Trinajstić information content (AvgIpc) is 3.22. The highest BCUT2D eigenvalue weighted by Gasteiger charge is 2.56. The zero-order chi connectivity index (χ0) is 12.8. The summed E-state index contributed by atoms with van der Waals surface area (Å²) in [6, 6.07) is 0.0925. The summed E-state index contributed by atoms with van der Waals surface area (Å²) in [5, 5.41) is 3.47. The Morgan fingerprint density at radius 1 is 1.39 bits per heavy atom. The second-order valence-electron chi connectivity index (χ2n) is 6.64. The van der Waals surface area contributed by atoms with Crippen LogP contribution in [0.2, 0.25) is 0 Å². The maximum absolute atomic E-state index is 12.4. The predicted octanol–water partition coefficient (Wildman–Crippen LogP) is 2.51. The van der Waals surface area contributed by atoms with Crippen molar-refractivity contribution in [2.45, 2.75) is 71.0 Å². The standard InChI is InChI=1S/C15H26N2O/c1-3-4-5-13-14(18)17(11(2)16-13)10-15(8-9-15)12-6-7-12/h11-13,16H,3-10H2,1-2H3. The fraction of sp³-hybridized carbons (Fsp3) is 0.933. The summed E-state index contributed by atoms with van der Waals surface area (Å²) in [5.74, 6) is 1.30. The van der Waals surface area contributed by atoms with Crippen molar-refractivity contribution < 1.29 is 4.79 Å². The van der Waals surface area contributed by atoms with Crippen LogP contribution >= 0.6 is 0 Å². The minimum absolute atomic E-state index is 0.0925. The minimum Gasteiger partial charge on any atom is -0.326 e. The summed E-state index contributed by atoms with van der Waals surface area (Å²) in [7, 11) is 0. The zero-order valence-corrected chi connectivity index (χ0v) is 11.7. The number of hydrogen-bond donors (Lipinski definition) is 1. The van der Waals surface area contributed by atoms with Gasteiger partial charge in [0.05, 0.1) is 12.2 Å². The van der Waals surface area contributed by atoms with E-state index in [9.17, 15) is 4.79 Å². The number of rotatable bonds is 6. The van der Waals surface area contributed by atoms with Gasteiger partial charge in [-0.1, -0.05) is 19.8 Å². The highest BCUT2D eigenvalue weighted by atomic mass is 16.2. The van der Waals surface area contributed by atoms with Gasteiger partial charge in [0.25, 0.3) is 0 Å². The highest BCUT2D eigenvalue weighted by molar-refractivity contribution is 5.84. The number of nitrogens with one attached hydrogen (secondary N) is 1. The van der Waals surface area contributed by atoms with Crippen molar-refractivity contribution in [3.05, 3.63) is 0 Å². The van der Waals surface area contributed by atoms with Crippen molar-refractivity contribution in [3.8, 4) is 0 Å². The third-order valence-corrected chi connectivity index (χ3v) is 5.16. The summed E-state index contributed by atoms with van der Waals surface area (Å²) in [6.07, 6.45) is 9.10.